The summed E-state index contributed by atoms with van der Waals surface area (Å²) in [6.45, 7) is -0.0564. The van der Waals surface area contributed by atoms with Gasteiger partial charge in [0.25, 0.3) is 0 Å². The number of amides is 1. The molecule has 1 atom stereocenters. The summed E-state index contributed by atoms with van der Waals surface area (Å²) < 4.78 is 17.9. The van der Waals surface area contributed by atoms with E-state index in [0.717, 1.165) is 11.1 Å². The fraction of sp³-hybridized carbons (Fsp3) is 0.235. The largest absolute Gasteiger partial charge is 0.445 e. The number of hydrogen-bond acceptors (Lipinski definition) is 3. The van der Waals surface area contributed by atoms with E-state index in [0.29, 0.717) is 6.42 Å². The highest BCUT2D eigenvalue weighted by atomic mass is 19.1. The van der Waals surface area contributed by atoms with Crippen molar-refractivity contribution >= 4 is 6.09 Å². The summed E-state index contributed by atoms with van der Waals surface area (Å²) in [7, 11) is 0. The van der Waals surface area contributed by atoms with Crippen LogP contribution in [0.3, 0.4) is 0 Å². The predicted molar refractivity (Wildman–Crippen MR) is 80.7 cm³/mol. The molecule has 0 bridgehead atoms. The first-order valence-electron chi connectivity index (χ1n) is 7.00. The lowest BCUT2D eigenvalue weighted by atomic mass is 10.1. The van der Waals surface area contributed by atoms with Gasteiger partial charge in [-0.05, 0) is 29.7 Å². The highest BCUT2D eigenvalue weighted by Gasteiger charge is 2.13. The number of aliphatic hydroxyl groups excluding tert-OH is 1. The quantitative estimate of drug-likeness (QED) is 0.862. The fourth-order valence-electron chi connectivity index (χ4n) is 2.00. The molecule has 0 aliphatic carbocycles. The lowest BCUT2D eigenvalue weighted by molar-refractivity contribution is 0.129. The number of halogens is 1. The van der Waals surface area contributed by atoms with E-state index in [1.807, 2.05) is 30.3 Å². The molecule has 0 aliphatic heterocycles. The van der Waals surface area contributed by atoms with Gasteiger partial charge in [-0.25, -0.2) is 9.18 Å². The molecule has 0 radical (unpaired) electrons. The molecule has 2 N–H and O–H groups in total. The van der Waals surface area contributed by atoms with Gasteiger partial charge in [0.05, 0.1) is 12.6 Å². The van der Waals surface area contributed by atoms with Crippen molar-refractivity contribution in [1.82, 2.24) is 5.32 Å². The number of rotatable bonds is 6. The van der Waals surface area contributed by atoms with Crippen LogP contribution in [0.25, 0.3) is 0 Å². The molecule has 0 heterocycles. The summed E-state index contributed by atoms with van der Waals surface area (Å²) in [5.41, 5.74) is 1.71. The van der Waals surface area contributed by atoms with Crippen molar-refractivity contribution in [3.05, 3.63) is 71.5 Å². The van der Waals surface area contributed by atoms with Crippen molar-refractivity contribution in [2.24, 2.45) is 0 Å². The van der Waals surface area contributed by atoms with Gasteiger partial charge in [-0.15, -0.1) is 0 Å². The van der Waals surface area contributed by atoms with Gasteiger partial charge in [0, 0.05) is 0 Å². The van der Waals surface area contributed by atoms with Crippen LogP contribution < -0.4 is 5.32 Å². The minimum atomic E-state index is -0.593. The number of hydrogen-bond donors (Lipinski definition) is 2. The Morgan fingerprint density at radius 1 is 1.09 bits per heavy atom. The zero-order chi connectivity index (χ0) is 15.8. The highest BCUT2D eigenvalue weighted by Crippen LogP contribution is 2.06. The topological polar surface area (TPSA) is 58.6 Å². The van der Waals surface area contributed by atoms with Gasteiger partial charge in [-0.2, -0.15) is 0 Å². The van der Waals surface area contributed by atoms with Crippen molar-refractivity contribution in [2.75, 3.05) is 6.61 Å². The van der Waals surface area contributed by atoms with Crippen molar-refractivity contribution in [3.63, 3.8) is 0 Å². The SMILES string of the molecule is O=C(N[C@H](CO)Cc1ccc(F)cc1)OCc1ccccc1. The first-order valence-corrected chi connectivity index (χ1v) is 7.00. The van der Waals surface area contributed by atoms with Crippen LogP contribution in [0.1, 0.15) is 11.1 Å². The molecule has 0 unspecified atom stereocenters. The number of carbonyl (C=O) groups excluding carboxylic acids is 1. The molecule has 4 nitrogen and oxygen atoms in total. The van der Waals surface area contributed by atoms with E-state index < -0.39 is 12.1 Å². The summed E-state index contributed by atoms with van der Waals surface area (Å²) in [6, 6.07) is 14.8. The zero-order valence-corrected chi connectivity index (χ0v) is 12.0. The third-order valence-electron chi connectivity index (χ3n) is 3.15. The second-order valence-electron chi connectivity index (χ2n) is 4.92. The van der Waals surface area contributed by atoms with Crippen molar-refractivity contribution in [3.8, 4) is 0 Å². The summed E-state index contributed by atoms with van der Waals surface area (Å²) in [4.78, 5) is 11.7. The maximum absolute atomic E-state index is 12.8. The second kappa shape index (κ2) is 8.14. The monoisotopic (exact) mass is 303 g/mol. The normalized spacial score (nSPS) is 11.7. The molecule has 5 heteroatoms. The molecule has 2 aromatic rings. The lowest BCUT2D eigenvalue weighted by Gasteiger charge is -2.16. The van der Waals surface area contributed by atoms with Crippen LogP contribution in [-0.2, 0) is 17.8 Å². The molecular weight excluding hydrogens is 285 g/mol. The second-order valence-corrected chi connectivity index (χ2v) is 4.92. The lowest BCUT2D eigenvalue weighted by Crippen LogP contribution is -2.39. The molecule has 0 saturated heterocycles. The first kappa shape index (κ1) is 16.0. The average Bonchev–Trinajstić information content (AvgIpc) is 2.55. The van der Waals surface area contributed by atoms with Gasteiger partial charge in [0.15, 0.2) is 0 Å². The van der Waals surface area contributed by atoms with E-state index in [2.05, 4.69) is 5.32 Å². The van der Waals surface area contributed by atoms with E-state index in [1.54, 1.807) is 12.1 Å². The van der Waals surface area contributed by atoms with Crippen LogP contribution in [0.15, 0.2) is 54.6 Å². The summed E-state index contributed by atoms with van der Waals surface area (Å²) in [5, 5.41) is 11.9. The van der Waals surface area contributed by atoms with Crippen LogP contribution in [0.5, 0.6) is 0 Å². The smallest absolute Gasteiger partial charge is 0.407 e. The maximum atomic E-state index is 12.8. The number of ether oxygens (including phenoxy) is 1. The summed E-state index contributed by atoms with van der Waals surface area (Å²) in [5.74, 6) is -0.320. The Hall–Kier alpha value is -2.40. The minimum absolute atomic E-state index is 0.168. The van der Waals surface area contributed by atoms with Crippen LogP contribution in [-0.4, -0.2) is 23.8 Å². The van der Waals surface area contributed by atoms with Crippen LogP contribution >= 0.6 is 0 Å². The van der Waals surface area contributed by atoms with Crippen molar-refractivity contribution in [2.45, 2.75) is 19.1 Å². The Morgan fingerprint density at radius 2 is 1.77 bits per heavy atom. The Balaban J connectivity index is 1.81. The van der Waals surface area contributed by atoms with Gasteiger partial charge >= 0.3 is 6.09 Å². The van der Waals surface area contributed by atoms with E-state index in [-0.39, 0.29) is 19.0 Å². The van der Waals surface area contributed by atoms with Gasteiger partial charge in [-0.1, -0.05) is 42.5 Å². The van der Waals surface area contributed by atoms with Crippen LogP contribution in [0.4, 0.5) is 9.18 Å². The van der Waals surface area contributed by atoms with E-state index >= 15 is 0 Å². The van der Waals surface area contributed by atoms with Gasteiger partial charge < -0.3 is 15.2 Å². The molecule has 0 fully saturated rings. The van der Waals surface area contributed by atoms with Crippen LogP contribution in [0, 0.1) is 5.82 Å². The van der Waals surface area contributed by atoms with Gasteiger partial charge in [0.1, 0.15) is 12.4 Å². The molecule has 116 valence electrons. The van der Waals surface area contributed by atoms with E-state index in [4.69, 9.17) is 4.74 Å². The first-order chi connectivity index (χ1) is 10.7. The third kappa shape index (κ3) is 5.18. The third-order valence-corrected chi connectivity index (χ3v) is 3.15. The Morgan fingerprint density at radius 3 is 2.41 bits per heavy atom. The standard InChI is InChI=1S/C17H18FNO3/c18-15-8-6-13(7-9-15)10-16(11-20)19-17(21)22-12-14-4-2-1-3-5-14/h1-9,16,20H,10-12H2,(H,19,21)/t16-/m0/s1. The Kier molecular flexibility index (Phi) is 5.91. The number of alkyl carbamates (subject to hydrolysis) is 1. The average molecular weight is 303 g/mol. The highest BCUT2D eigenvalue weighted by molar-refractivity contribution is 5.67. The van der Waals surface area contributed by atoms with E-state index in [9.17, 15) is 14.3 Å². The molecule has 0 saturated carbocycles. The predicted octanol–water partition coefficient (Wildman–Crippen LogP) is 2.66. The summed E-state index contributed by atoms with van der Waals surface area (Å²) >= 11 is 0. The molecule has 1 amide bonds. The maximum Gasteiger partial charge on any atom is 0.407 e. The number of benzene rings is 2. The molecule has 2 aromatic carbocycles. The molecular formula is C17H18FNO3. The fourth-order valence-corrected chi connectivity index (χ4v) is 2.00. The summed E-state index contributed by atoms with van der Waals surface area (Å²) in [6.07, 6.45) is -0.193. The van der Waals surface area contributed by atoms with Crippen molar-refractivity contribution in [1.29, 1.82) is 0 Å². The Bertz CT molecular complexity index is 587. The Labute approximate surface area is 128 Å². The molecule has 0 aromatic heterocycles. The number of carbonyl (C=O) groups is 1. The van der Waals surface area contributed by atoms with E-state index in [1.165, 1.54) is 12.1 Å². The minimum Gasteiger partial charge on any atom is -0.445 e. The molecule has 22 heavy (non-hydrogen) atoms. The van der Waals surface area contributed by atoms with Gasteiger partial charge in [0.2, 0.25) is 0 Å². The zero-order valence-electron chi connectivity index (χ0n) is 12.0. The number of nitrogens with one attached hydrogen (secondary N) is 1. The van der Waals surface area contributed by atoms with Crippen LogP contribution in [0.2, 0.25) is 0 Å². The number of aliphatic hydroxyl groups is 1. The van der Waals surface area contributed by atoms with Gasteiger partial charge in [-0.3, -0.25) is 0 Å². The molecule has 0 spiro atoms. The van der Waals surface area contributed by atoms with Crippen molar-refractivity contribution < 1.29 is 19.0 Å². The molecule has 2 rings (SSSR count). The molecule has 0 aliphatic rings.